The molecule has 0 bridgehead atoms. The average Bonchev–Trinajstić information content (AvgIpc) is 2.65. The van der Waals surface area contributed by atoms with Gasteiger partial charge in [-0.3, -0.25) is 9.59 Å². The first kappa shape index (κ1) is 20.5. The summed E-state index contributed by atoms with van der Waals surface area (Å²) in [6, 6.07) is 11.8. The van der Waals surface area contributed by atoms with Crippen molar-refractivity contribution >= 4 is 40.8 Å². The van der Waals surface area contributed by atoms with Crippen molar-refractivity contribution in [1.29, 1.82) is 0 Å². The fourth-order valence-electron chi connectivity index (χ4n) is 2.56. The van der Waals surface area contributed by atoms with Gasteiger partial charge in [0.15, 0.2) is 0 Å². The highest BCUT2D eigenvalue weighted by Crippen LogP contribution is 2.23. The van der Waals surface area contributed by atoms with E-state index in [1.165, 1.54) is 18.9 Å². The molecule has 0 radical (unpaired) electrons. The Kier molecular flexibility index (Phi) is 6.96. The van der Waals surface area contributed by atoms with E-state index in [2.05, 4.69) is 5.32 Å². The molecule has 142 valence electrons. The summed E-state index contributed by atoms with van der Waals surface area (Å²) in [6.45, 7) is 3.40. The van der Waals surface area contributed by atoms with Gasteiger partial charge in [-0.2, -0.15) is 0 Å². The number of halogens is 1. The first-order valence-corrected chi connectivity index (χ1v) is 8.72. The molecule has 2 amide bonds. The van der Waals surface area contributed by atoms with Crippen molar-refractivity contribution in [3.63, 3.8) is 0 Å². The number of benzene rings is 2. The summed E-state index contributed by atoms with van der Waals surface area (Å²) in [4.78, 5) is 37.4. The number of methoxy groups -OCH3 is 1. The molecule has 0 fully saturated rings. The Morgan fingerprint density at radius 3 is 2.52 bits per heavy atom. The molecule has 7 heteroatoms. The minimum Gasteiger partial charge on any atom is -0.465 e. The summed E-state index contributed by atoms with van der Waals surface area (Å²) >= 11 is 6.06. The molecule has 0 unspecified atom stereocenters. The lowest BCUT2D eigenvalue weighted by Gasteiger charge is -2.21. The average molecular weight is 389 g/mol. The summed E-state index contributed by atoms with van der Waals surface area (Å²) in [6.07, 6.45) is 0.0913. The summed E-state index contributed by atoms with van der Waals surface area (Å²) in [5, 5.41) is 3.37. The molecule has 2 aromatic rings. The number of carbonyl (C=O) groups excluding carboxylic acids is 3. The lowest BCUT2D eigenvalue weighted by molar-refractivity contribution is -0.117. The van der Waals surface area contributed by atoms with Gasteiger partial charge in [-0.25, -0.2) is 4.79 Å². The molecule has 0 spiro atoms. The van der Waals surface area contributed by atoms with E-state index in [-0.39, 0.29) is 24.8 Å². The largest absolute Gasteiger partial charge is 0.465 e. The number of carbonyl (C=O) groups is 3. The SMILES string of the molecule is COC(=O)c1cccc(N(CCC(=O)Nc2cccc(Cl)c2C)C(C)=O)c1. The van der Waals surface area contributed by atoms with E-state index in [0.29, 0.717) is 22.0 Å². The molecule has 0 aliphatic carbocycles. The van der Waals surface area contributed by atoms with Gasteiger partial charge in [0.1, 0.15) is 0 Å². The fourth-order valence-corrected chi connectivity index (χ4v) is 2.73. The van der Waals surface area contributed by atoms with Crippen LogP contribution in [0.25, 0.3) is 0 Å². The van der Waals surface area contributed by atoms with E-state index in [4.69, 9.17) is 16.3 Å². The van der Waals surface area contributed by atoms with Gasteiger partial charge in [-0.05, 0) is 42.8 Å². The van der Waals surface area contributed by atoms with E-state index in [9.17, 15) is 14.4 Å². The molecular weight excluding hydrogens is 368 g/mol. The maximum Gasteiger partial charge on any atom is 0.337 e. The number of nitrogens with zero attached hydrogens (tertiary/aromatic N) is 1. The van der Waals surface area contributed by atoms with Crippen LogP contribution < -0.4 is 10.2 Å². The third-order valence-corrected chi connectivity index (χ3v) is 4.47. The topological polar surface area (TPSA) is 75.7 Å². The first-order valence-electron chi connectivity index (χ1n) is 8.35. The van der Waals surface area contributed by atoms with Crippen molar-refractivity contribution in [1.82, 2.24) is 0 Å². The number of rotatable bonds is 6. The van der Waals surface area contributed by atoms with Crippen molar-refractivity contribution in [3.05, 3.63) is 58.6 Å². The maximum absolute atomic E-state index is 12.3. The highest BCUT2D eigenvalue weighted by molar-refractivity contribution is 6.31. The molecule has 2 aromatic carbocycles. The van der Waals surface area contributed by atoms with Gasteiger partial charge in [0, 0.05) is 36.3 Å². The van der Waals surface area contributed by atoms with E-state index in [1.54, 1.807) is 42.5 Å². The zero-order valence-electron chi connectivity index (χ0n) is 15.4. The van der Waals surface area contributed by atoms with Crippen LogP contribution in [0, 0.1) is 6.92 Å². The maximum atomic E-state index is 12.3. The number of hydrogen-bond donors (Lipinski definition) is 1. The zero-order chi connectivity index (χ0) is 20.0. The third-order valence-electron chi connectivity index (χ3n) is 4.06. The Bertz CT molecular complexity index is 867. The van der Waals surface area contributed by atoms with E-state index < -0.39 is 5.97 Å². The molecule has 0 atom stereocenters. The fraction of sp³-hybridized carbons (Fsp3) is 0.250. The second-order valence-electron chi connectivity index (χ2n) is 5.92. The number of anilines is 2. The van der Waals surface area contributed by atoms with Crippen molar-refractivity contribution in [3.8, 4) is 0 Å². The van der Waals surface area contributed by atoms with Crippen LogP contribution in [-0.4, -0.2) is 31.4 Å². The van der Waals surface area contributed by atoms with Crippen LogP contribution in [0.3, 0.4) is 0 Å². The molecule has 0 saturated carbocycles. The van der Waals surface area contributed by atoms with Crippen molar-refractivity contribution in [2.24, 2.45) is 0 Å². The Hall–Kier alpha value is -2.86. The van der Waals surface area contributed by atoms with E-state index in [0.717, 1.165) is 5.56 Å². The van der Waals surface area contributed by atoms with Gasteiger partial charge in [-0.1, -0.05) is 23.7 Å². The van der Waals surface area contributed by atoms with Gasteiger partial charge in [-0.15, -0.1) is 0 Å². The second-order valence-corrected chi connectivity index (χ2v) is 6.33. The highest BCUT2D eigenvalue weighted by atomic mass is 35.5. The number of hydrogen-bond acceptors (Lipinski definition) is 4. The summed E-state index contributed by atoms with van der Waals surface area (Å²) in [5.41, 5.74) is 2.27. The van der Waals surface area contributed by atoms with Gasteiger partial charge in [0.25, 0.3) is 0 Å². The summed E-state index contributed by atoms with van der Waals surface area (Å²) in [5.74, 6) is -0.964. The van der Waals surface area contributed by atoms with Gasteiger partial charge >= 0.3 is 5.97 Å². The van der Waals surface area contributed by atoms with Gasteiger partial charge < -0.3 is 15.0 Å². The molecule has 2 rings (SSSR count). The summed E-state index contributed by atoms with van der Waals surface area (Å²) in [7, 11) is 1.29. The van der Waals surface area contributed by atoms with E-state index >= 15 is 0 Å². The number of amides is 2. The normalized spacial score (nSPS) is 10.2. The standard InChI is InChI=1S/C20H21ClN2O4/c1-13-17(21)8-5-9-18(13)22-19(25)10-11-23(14(2)24)16-7-4-6-15(12-16)20(26)27-3/h4-9,12H,10-11H2,1-3H3,(H,22,25). The lowest BCUT2D eigenvalue weighted by Crippen LogP contribution is -2.32. The van der Waals surface area contributed by atoms with Crippen LogP contribution in [-0.2, 0) is 14.3 Å². The van der Waals surface area contributed by atoms with Gasteiger partial charge in [0.05, 0.1) is 12.7 Å². The monoisotopic (exact) mass is 388 g/mol. The molecule has 6 nitrogen and oxygen atoms in total. The number of ether oxygens (including phenoxy) is 1. The van der Waals surface area contributed by atoms with Crippen LogP contribution in [0.5, 0.6) is 0 Å². The lowest BCUT2D eigenvalue weighted by atomic mass is 10.1. The Morgan fingerprint density at radius 2 is 1.85 bits per heavy atom. The van der Waals surface area contributed by atoms with E-state index in [1.807, 2.05) is 6.92 Å². The minimum absolute atomic E-state index is 0.0913. The Balaban J connectivity index is 2.08. The van der Waals surface area contributed by atoms with Crippen LogP contribution >= 0.6 is 11.6 Å². The predicted molar refractivity (Wildman–Crippen MR) is 105 cm³/mol. The summed E-state index contributed by atoms with van der Waals surface area (Å²) < 4.78 is 4.70. The number of nitrogens with one attached hydrogen (secondary N) is 1. The third kappa shape index (κ3) is 5.31. The molecule has 0 aliphatic heterocycles. The molecular formula is C20H21ClN2O4. The van der Waals surface area contributed by atoms with Crippen LogP contribution in [0.4, 0.5) is 11.4 Å². The molecule has 0 saturated heterocycles. The van der Waals surface area contributed by atoms with Gasteiger partial charge in [0.2, 0.25) is 11.8 Å². The highest BCUT2D eigenvalue weighted by Gasteiger charge is 2.16. The zero-order valence-corrected chi connectivity index (χ0v) is 16.2. The van der Waals surface area contributed by atoms with Crippen molar-refractivity contribution < 1.29 is 19.1 Å². The van der Waals surface area contributed by atoms with Crippen LogP contribution in [0.15, 0.2) is 42.5 Å². The van der Waals surface area contributed by atoms with Crippen molar-refractivity contribution in [2.45, 2.75) is 20.3 Å². The van der Waals surface area contributed by atoms with Crippen LogP contribution in [0.1, 0.15) is 29.3 Å². The molecule has 27 heavy (non-hydrogen) atoms. The van der Waals surface area contributed by atoms with Crippen molar-refractivity contribution in [2.75, 3.05) is 23.9 Å². The molecule has 0 aromatic heterocycles. The minimum atomic E-state index is -0.491. The quantitative estimate of drug-likeness (QED) is 0.763. The smallest absolute Gasteiger partial charge is 0.337 e. The second kappa shape index (κ2) is 9.19. The molecule has 1 N–H and O–H groups in total. The Morgan fingerprint density at radius 1 is 1.15 bits per heavy atom. The predicted octanol–water partition coefficient (Wildman–Crippen LogP) is 3.82. The first-order chi connectivity index (χ1) is 12.8. The molecule has 0 heterocycles. The van der Waals surface area contributed by atoms with Crippen LogP contribution in [0.2, 0.25) is 5.02 Å². The molecule has 0 aliphatic rings. The Labute approximate surface area is 163 Å². The number of esters is 1.